The smallest absolute Gasteiger partial charge is 0.345 e. The Kier molecular flexibility index (Phi) is 4.51. The van der Waals surface area contributed by atoms with E-state index in [4.69, 9.17) is 5.11 Å². The molecule has 0 spiro atoms. The minimum absolute atomic E-state index is 0.0538. The monoisotopic (exact) mass is 317 g/mol. The molecule has 1 aliphatic rings. The molecule has 0 aliphatic heterocycles. The highest BCUT2D eigenvalue weighted by Gasteiger charge is 2.29. The predicted octanol–water partition coefficient (Wildman–Crippen LogP) is 2.61. The summed E-state index contributed by atoms with van der Waals surface area (Å²) < 4.78 is 27.4. The maximum atomic E-state index is 12.4. The lowest BCUT2D eigenvalue weighted by molar-refractivity contribution is 0.0702. The normalized spacial score (nSPS) is 17.1. The summed E-state index contributed by atoms with van der Waals surface area (Å²) in [6, 6.07) is 1.18. The molecule has 0 aromatic carbocycles. The van der Waals surface area contributed by atoms with Gasteiger partial charge in [0.2, 0.25) is 10.0 Å². The van der Waals surface area contributed by atoms with E-state index in [9.17, 15) is 13.2 Å². The molecule has 1 aromatic heterocycles. The lowest BCUT2D eigenvalue weighted by Crippen LogP contribution is -2.34. The van der Waals surface area contributed by atoms with Crippen LogP contribution in [0.15, 0.2) is 11.0 Å². The number of carboxylic acids is 1. The van der Waals surface area contributed by atoms with Gasteiger partial charge in [0.1, 0.15) is 4.88 Å². The lowest BCUT2D eigenvalue weighted by atomic mass is 10.1. The largest absolute Gasteiger partial charge is 0.477 e. The van der Waals surface area contributed by atoms with E-state index in [1.165, 1.54) is 18.9 Å². The number of nitrogens with one attached hydrogen (secondary N) is 1. The summed E-state index contributed by atoms with van der Waals surface area (Å²) >= 11 is 0.992. The molecule has 2 N–H and O–H groups in total. The third-order valence-electron chi connectivity index (χ3n) is 3.50. The highest BCUT2D eigenvalue weighted by molar-refractivity contribution is 7.89. The molecule has 1 heterocycles. The third-order valence-corrected chi connectivity index (χ3v) is 6.32. The quantitative estimate of drug-likeness (QED) is 0.809. The second-order valence-electron chi connectivity index (χ2n) is 5.24. The maximum Gasteiger partial charge on any atom is 0.345 e. The SMILES string of the molecule is CCC(CC1CC1)NS(=O)(=O)c1cc(C(=O)O)sc1C. The fourth-order valence-electron chi connectivity index (χ4n) is 2.17. The molecule has 7 heteroatoms. The summed E-state index contributed by atoms with van der Waals surface area (Å²) in [5.74, 6) is -0.453. The standard InChI is InChI=1S/C13H19NO4S2/c1-3-10(6-9-4-5-9)14-20(17,18)12-7-11(13(15)16)19-8(12)2/h7,9-10,14H,3-6H2,1-2H3,(H,15,16). The predicted molar refractivity (Wildman–Crippen MR) is 77.8 cm³/mol. The van der Waals surface area contributed by atoms with Crippen LogP contribution < -0.4 is 4.72 Å². The lowest BCUT2D eigenvalue weighted by Gasteiger charge is -2.16. The highest BCUT2D eigenvalue weighted by Crippen LogP contribution is 2.34. The average Bonchev–Trinajstić information content (AvgIpc) is 3.07. The average molecular weight is 317 g/mol. The van der Waals surface area contributed by atoms with Gasteiger partial charge >= 0.3 is 5.97 Å². The van der Waals surface area contributed by atoms with E-state index >= 15 is 0 Å². The van der Waals surface area contributed by atoms with E-state index in [1.54, 1.807) is 6.92 Å². The number of aryl methyl sites for hydroxylation is 1. The van der Waals surface area contributed by atoms with Gasteiger partial charge in [-0.05, 0) is 31.7 Å². The molecule has 20 heavy (non-hydrogen) atoms. The van der Waals surface area contributed by atoms with Crippen LogP contribution in [-0.2, 0) is 10.0 Å². The topological polar surface area (TPSA) is 83.5 Å². The fraction of sp³-hybridized carbons (Fsp3) is 0.615. The van der Waals surface area contributed by atoms with Crippen molar-refractivity contribution in [3.8, 4) is 0 Å². The van der Waals surface area contributed by atoms with Crippen molar-refractivity contribution in [2.75, 3.05) is 0 Å². The number of carboxylic acid groups (broad SMARTS) is 1. The molecule has 112 valence electrons. The molecule has 0 saturated heterocycles. The van der Waals surface area contributed by atoms with Crippen molar-refractivity contribution >= 4 is 27.3 Å². The molecule has 1 aliphatic carbocycles. The zero-order chi connectivity index (χ0) is 14.9. The second-order valence-corrected chi connectivity index (χ2v) is 8.18. The molecule has 5 nitrogen and oxygen atoms in total. The Bertz CT molecular complexity index is 602. The Hall–Kier alpha value is -0.920. The summed E-state index contributed by atoms with van der Waals surface area (Å²) in [4.78, 5) is 11.6. The van der Waals surface area contributed by atoms with Gasteiger partial charge in [0.25, 0.3) is 0 Å². The Labute approximate surface area is 123 Å². The summed E-state index contributed by atoms with van der Waals surface area (Å²) in [6.45, 7) is 3.59. The van der Waals surface area contributed by atoms with Gasteiger partial charge in [0, 0.05) is 10.9 Å². The summed E-state index contributed by atoms with van der Waals surface area (Å²) in [6.07, 6.45) is 3.97. The van der Waals surface area contributed by atoms with Crippen LogP contribution in [0.3, 0.4) is 0 Å². The van der Waals surface area contributed by atoms with Crippen LogP contribution in [0, 0.1) is 12.8 Å². The van der Waals surface area contributed by atoms with Gasteiger partial charge in [-0.1, -0.05) is 19.8 Å². The zero-order valence-electron chi connectivity index (χ0n) is 11.5. The van der Waals surface area contributed by atoms with Gasteiger partial charge in [0.05, 0.1) is 4.90 Å². The second kappa shape index (κ2) is 5.83. The summed E-state index contributed by atoms with van der Waals surface area (Å²) in [7, 11) is -3.64. The van der Waals surface area contributed by atoms with Crippen LogP contribution in [0.1, 0.15) is 47.2 Å². The summed E-state index contributed by atoms with van der Waals surface area (Å²) in [5, 5.41) is 8.94. The van der Waals surface area contributed by atoms with E-state index < -0.39 is 16.0 Å². The first-order chi connectivity index (χ1) is 9.33. The number of rotatable bonds is 7. The van der Waals surface area contributed by atoms with Crippen molar-refractivity contribution in [2.45, 2.75) is 50.5 Å². The van der Waals surface area contributed by atoms with Gasteiger partial charge in [-0.15, -0.1) is 11.3 Å². The Morgan fingerprint density at radius 3 is 2.65 bits per heavy atom. The Morgan fingerprint density at radius 1 is 1.55 bits per heavy atom. The van der Waals surface area contributed by atoms with E-state index in [0.29, 0.717) is 10.8 Å². The Morgan fingerprint density at radius 2 is 2.20 bits per heavy atom. The van der Waals surface area contributed by atoms with Crippen LogP contribution in [0.2, 0.25) is 0 Å². The number of hydrogen-bond donors (Lipinski definition) is 2. The number of aromatic carboxylic acids is 1. The summed E-state index contributed by atoms with van der Waals surface area (Å²) in [5.41, 5.74) is 0. The number of hydrogen-bond acceptors (Lipinski definition) is 4. The molecular formula is C13H19NO4S2. The van der Waals surface area contributed by atoms with Gasteiger partial charge in [-0.2, -0.15) is 0 Å². The minimum atomic E-state index is -3.64. The van der Waals surface area contributed by atoms with Crippen LogP contribution in [0.5, 0.6) is 0 Å². The molecule has 0 amide bonds. The first-order valence-corrected chi connectivity index (χ1v) is 8.99. The van der Waals surface area contributed by atoms with E-state index in [-0.39, 0.29) is 15.8 Å². The van der Waals surface area contributed by atoms with Crippen molar-refractivity contribution in [1.29, 1.82) is 0 Å². The van der Waals surface area contributed by atoms with Crippen LogP contribution in [0.25, 0.3) is 0 Å². The van der Waals surface area contributed by atoms with Crippen molar-refractivity contribution in [1.82, 2.24) is 4.72 Å². The van der Waals surface area contributed by atoms with Gasteiger partial charge < -0.3 is 5.11 Å². The number of sulfonamides is 1. The van der Waals surface area contributed by atoms with Gasteiger partial charge in [-0.3, -0.25) is 0 Å². The van der Waals surface area contributed by atoms with Gasteiger partial charge in [0.15, 0.2) is 0 Å². The molecule has 1 saturated carbocycles. The molecule has 0 radical (unpaired) electrons. The van der Waals surface area contributed by atoms with E-state index in [2.05, 4.69) is 4.72 Å². The number of thiophene rings is 1. The molecule has 1 fully saturated rings. The third kappa shape index (κ3) is 3.59. The fourth-order valence-corrected chi connectivity index (χ4v) is 4.94. The Balaban J connectivity index is 2.18. The zero-order valence-corrected chi connectivity index (χ0v) is 13.2. The van der Waals surface area contributed by atoms with Crippen molar-refractivity contribution in [2.24, 2.45) is 5.92 Å². The van der Waals surface area contributed by atoms with Crippen molar-refractivity contribution < 1.29 is 18.3 Å². The van der Waals surface area contributed by atoms with E-state index in [0.717, 1.165) is 24.2 Å². The first kappa shape index (κ1) is 15.5. The maximum absolute atomic E-state index is 12.4. The molecule has 1 atom stereocenters. The first-order valence-electron chi connectivity index (χ1n) is 6.69. The molecule has 2 rings (SSSR count). The molecular weight excluding hydrogens is 298 g/mol. The molecule has 1 aromatic rings. The van der Waals surface area contributed by atoms with Crippen LogP contribution in [-0.4, -0.2) is 25.5 Å². The van der Waals surface area contributed by atoms with Crippen molar-refractivity contribution in [3.63, 3.8) is 0 Å². The van der Waals surface area contributed by atoms with Crippen molar-refractivity contribution in [3.05, 3.63) is 15.8 Å². The molecule has 0 bridgehead atoms. The van der Waals surface area contributed by atoms with Crippen LogP contribution in [0.4, 0.5) is 0 Å². The van der Waals surface area contributed by atoms with Crippen LogP contribution >= 0.6 is 11.3 Å². The highest BCUT2D eigenvalue weighted by atomic mass is 32.2. The van der Waals surface area contributed by atoms with E-state index in [1.807, 2.05) is 6.92 Å². The number of carbonyl (C=O) groups is 1. The van der Waals surface area contributed by atoms with Gasteiger partial charge in [-0.25, -0.2) is 17.9 Å². The minimum Gasteiger partial charge on any atom is -0.477 e. The molecule has 1 unspecified atom stereocenters.